The van der Waals surface area contributed by atoms with Crippen LogP contribution >= 0.6 is 12.2 Å². The van der Waals surface area contributed by atoms with Gasteiger partial charge in [0.25, 0.3) is 5.56 Å². The summed E-state index contributed by atoms with van der Waals surface area (Å²) in [6, 6.07) is 1.57. The molecule has 4 heteroatoms. The topological polar surface area (TPSA) is 37.8 Å². The summed E-state index contributed by atoms with van der Waals surface area (Å²) >= 11 is 5.02. The van der Waals surface area contributed by atoms with E-state index in [1.807, 2.05) is 6.92 Å². The van der Waals surface area contributed by atoms with Gasteiger partial charge >= 0.3 is 0 Å². The van der Waals surface area contributed by atoms with E-state index in [0.717, 1.165) is 12.1 Å². The van der Waals surface area contributed by atoms with Crippen molar-refractivity contribution in [3.63, 3.8) is 0 Å². The molecule has 0 spiro atoms. The molecule has 0 saturated carbocycles. The zero-order valence-corrected chi connectivity index (χ0v) is 8.36. The average Bonchev–Trinajstić information content (AvgIpc) is 2.11. The maximum atomic E-state index is 11.4. The first-order valence-electron chi connectivity index (χ1n) is 4.13. The van der Waals surface area contributed by atoms with Gasteiger partial charge in [0.05, 0.1) is 0 Å². The lowest BCUT2D eigenvalue weighted by molar-refractivity contribution is 0.726. The first-order valence-corrected chi connectivity index (χ1v) is 4.53. The number of hydrogen-bond donors (Lipinski definition) is 1. The van der Waals surface area contributed by atoms with Crippen LogP contribution in [-0.4, -0.2) is 9.55 Å². The Kier molecular flexibility index (Phi) is 3.19. The minimum Gasteiger partial charge on any atom is -0.336 e. The smallest absolute Gasteiger partial charge is 0.254 e. The van der Waals surface area contributed by atoms with Crippen molar-refractivity contribution < 1.29 is 0 Å². The van der Waals surface area contributed by atoms with E-state index in [-0.39, 0.29) is 5.56 Å². The van der Waals surface area contributed by atoms with E-state index >= 15 is 0 Å². The van der Waals surface area contributed by atoms with Crippen molar-refractivity contribution >= 4 is 12.2 Å². The second kappa shape index (κ2) is 4.18. The molecule has 0 aliphatic rings. The van der Waals surface area contributed by atoms with Gasteiger partial charge in [-0.25, -0.2) is 0 Å². The van der Waals surface area contributed by atoms with Crippen LogP contribution in [0, 0.1) is 4.77 Å². The highest BCUT2D eigenvalue weighted by Crippen LogP contribution is 1.92. The molecule has 1 aromatic heterocycles. The van der Waals surface area contributed by atoms with Crippen molar-refractivity contribution in [2.45, 2.75) is 19.9 Å². The van der Waals surface area contributed by atoms with Crippen LogP contribution in [0.4, 0.5) is 0 Å². The maximum absolute atomic E-state index is 11.4. The summed E-state index contributed by atoms with van der Waals surface area (Å²) in [5.41, 5.74) is 0.802. The molecule has 3 nitrogen and oxygen atoms in total. The van der Waals surface area contributed by atoms with E-state index in [4.69, 9.17) is 12.2 Å². The number of aromatic nitrogens is 2. The summed E-state index contributed by atoms with van der Waals surface area (Å²) in [4.78, 5) is 14.4. The molecule has 0 amide bonds. The Morgan fingerprint density at radius 1 is 1.77 bits per heavy atom. The standard InChI is InChI=1S/C9H12N2OS/c1-3-5-11-8(12)6-7(4-2)10-9(11)13/h3,6H,1,4-5H2,2H3,(H,10,13). The number of aryl methyl sites for hydroxylation is 1. The van der Waals surface area contributed by atoms with Crippen LogP contribution in [-0.2, 0) is 13.0 Å². The Labute approximate surface area is 81.7 Å². The van der Waals surface area contributed by atoms with Crippen LogP contribution in [0.3, 0.4) is 0 Å². The molecule has 1 rings (SSSR count). The lowest BCUT2D eigenvalue weighted by Gasteiger charge is -2.03. The van der Waals surface area contributed by atoms with Crippen molar-refractivity contribution in [3.8, 4) is 0 Å². The normalized spacial score (nSPS) is 9.92. The largest absolute Gasteiger partial charge is 0.336 e. The number of H-pyrrole nitrogens is 1. The molecule has 0 unspecified atom stereocenters. The molecule has 13 heavy (non-hydrogen) atoms. The third-order valence-corrected chi connectivity index (χ3v) is 2.09. The quantitative estimate of drug-likeness (QED) is 0.589. The second-order valence-corrected chi connectivity index (χ2v) is 3.08. The minimum absolute atomic E-state index is 0.0690. The van der Waals surface area contributed by atoms with Crippen LogP contribution in [0.5, 0.6) is 0 Å². The van der Waals surface area contributed by atoms with Crippen molar-refractivity contribution in [1.29, 1.82) is 0 Å². The van der Waals surface area contributed by atoms with Gasteiger partial charge in [-0.1, -0.05) is 13.0 Å². The van der Waals surface area contributed by atoms with Gasteiger partial charge in [0.2, 0.25) is 0 Å². The van der Waals surface area contributed by atoms with Gasteiger partial charge in [-0.15, -0.1) is 6.58 Å². The highest BCUT2D eigenvalue weighted by Gasteiger charge is 1.97. The highest BCUT2D eigenvalue weighted by atomic mass is 32.1. The molecule has 70 valence electrons. The van der Waals surface area contributed by atoms with E-state index in [0.29, 0.717) is 11.3 Å². The molecule has 0 atom stereocenters. The molecule has 0 aliphatic heterocycles. The van der Waals surface area contributed by atoms with Crippen LogP contribution in [0.25, 0.3) is 0 Å². The SMILES string of the molecule is C=CCn1c(=O)cc(CC)[nH]c1=S. The molecule has 0 radical (unpaired) electrons. The van der Waals surface area contributed by atoms with Crippen LogP contribution in [0.1, 0.15) is 12.6 Å². The first kappa shape index (κ1) is 9.92. The van der Waals surface area contributed by atoms with Crippen molar-refractivity contribution in [2.24, 2.45) is 0 Å². The Hall–Kier alpha value is -1.16. The number of hydrogen-bond acceptors (Lipinski definition) is 2. The van der Waals surface area contributed by atoms with Gasteiger partial charge in [0, 0.05) is 18.3 Å². The summed E-state index contributed by atoms with van der Waals surface area (Å²) in [5, 5.41) is 0. The number of allylic oxidation sites excluding steroid dienone is 1. The van der Waals surface area contributed by atoms with Crippen LogP contribution < -0.4 is 5.56 Å². The van der Waals surface area contributed by atoms with Gasteiger partial charge < -0.3 is 4.98 Å². The molecule has 0 aliphatic carbocycles. The van der Waals surface area contributed by atoms with Gasteiger partial charge in [-0.05, 0) is 18.6 Å². The fraction of sp³-hybridized carbons (Fsp3) is 0.333. The second-order valence-electron chi connectivity index (χ2n) is 2.69. The Morgan fingerprint density at radius 3 is 2.92 bits per heavy atom. The lowest BCUT2D eigenvalue weighted by Crippen LogP contribution is -2.21. The summed E-state index contributed by atoms with van der Waals surface area (Å²) < 4.78 is 1.94. The minimum atomic E-state index is -0.0690. The molecule has 0 aromatic carbocycles. The fourth-order valence-electron chi connectivity index (χ4n) is 1.06. The maximum Gasteiger partial charge on any atom is 0.254 e. The summed E-state index contributed by atoms with van der Waals surface area (Å²) in [7, 11) is 0. The molecule has 0 fully saturated rings. The predicted octanol–water partition coefficient (Wildman–Crippen LogP) is 1.65. The van der Waals surface area contributed by atoms with E-state index in [2.05, 4.69) is 11.6 Å². The molecular formula is C9H12N2OS. The monoisotopic (exact) mass is 196 g/mol. The molecular weight excluding hydrogens is 184 g/mol. The first-order chi connectivity index (χ1) is 6.19. The third-order valence-electron chi connectivity index (χ3n) is 1.77. The zero-order valence-electron chi connectivity index (χ0n) is 7.54. The van der Waals surface area contributed by atoms with Crippen molar-refractivity contribution in [2.75, 3.05) is 0 Å². The summed E-state index contributed by atoms with van der Waals surface area (Å²) in [6.07, 6.45) is 2.43. The number of rotatable bonds is 3. The lowest BCUT2D eigenvalue weighted by atomic mass is 10.3. The highest BCUT2D eigenvalue weighted by molar-refractivity contribution is 7.71. The van der Waals surface area contributed by atoms with Gasteiger partial charge in [-0.3, -0.25) is 9.36 Å². The van der Waals surface area contributed by atoms with Gasteiger partial charge in [0.1, 0.15) is 0 Å². The zero-order chi connectivity index (χ0) is 9.84. The molecule has 0 bridgehead atoms. The summed E-state index contributed by atoms with van der Waals surface area (Å²) in [6.45, 7) is 5.99. The van der Waals surface area contributed by atoms with E-state index in [1.165, 1.54) is 4.57 Å². The number of aromatic amines is 1. The van der Waals surface area contributed by atoms with Crippen LogP contribution in [0.2, 0.25) is 0 Å². The Morgan fingerprint density at radius 2 is 2.46 bits per heavy atom. The molecule has 1 heterocycles. The molecule has 1 N–H and O–H groups in total. The fourth-order valence-corrected chi connectivity index (χ4v) is 1.36. The van der Waals surface area contributed by atoms with Gasteiger partial charge in [0.15, 0.2) is 4.77 Å². The number of nitrogens with one attached hydrogen (secondary N) is 1. The van der Waals surface area contributed by atoms with E-state index in [1.54, 1.807) is 12.1 Å². The average molecular weight is 196 g/mol. The Balaban J connectivity index is 3.31. The van der Waals surface area contributed by atoms with Crippen molar-refractivity contribution in [1.82, 2.24) is 9.55 Å². The predicted molar refractivity (Wildman–Crippen MR) is 55.5 cm³/mol. The number of nitrogens with zero attached hydrogens (tertiary/aromatic N) is 1. The van der Waals surface area contributed by atoms with E-state index < -0.39 is 0 Å². The van der Waals surface area contributed by atoms with E-state index in [9.17, 15) is 4.79 Å². The van der Waals surface area contributed by atoms with Crippen molar-refractivity contribution in [3.05, 3.63) is 39.5 Å². The van der Waals surface area contributed by atoms with Crippen LogP contribution in [0.15, 0.2) is 23.5 Å². The Bertz CT molecular complexity index is 385. The molecule has 1 aromatic rings. The molecule has 0 saturated heterocycles. The summed E-state index contributed by atoms with van der Waals surface area (Å²) in [5.74, 6) is 0. The third kappa shape index (κ3) is 2.15. The van der Waals surface area contributed by atoms with Gasteiger partial charge in [-0.2, -0.15) is 0 Å².